The van der Waals surface area contributed by atoms with Crippen LogP contribution >= 0.6 is 11.6 Å². The van der Waals surface area contributed by atoms with Gasteiger partial charge >= 0.3 is 0 Å². The highest BCUT2D eigenvalue weighted by molar-refractivity contribution is 6.30. The highest BCUT2D eigenvalue weighted by atomic mass is 35.5. The Labute approximate surface area is 111 Å². The van der Waals surface area contributed by atoms with E-state index in [-0.39, 0.29) is 5.75 Å². The van der Waals surface area contributed by atoms with Crippen LogP contribution in [0.15, 0.2) is 46.6 Å². The molecule has 2 aromatic carbocycles. The lowest BCUT2D eigenvalue weighted by molar-refractivity contribution is 0.471. The number of aryl methyl sites for hydroxylation is 2. The molecule has 1 N–H and O–H groups in total. The smallest absolute Gasteiger partial charge is 0.118 e. The second-order valence-corrected chi connectivity index (χ2v) is 4.54. The van der Waals surface area contributed by atoms with E-state index in [0.717, 1.165) is 16.8 Å². The lowest BCUT2D eigenvalue weighted by atomic mass is 10.2. The van der Waals surface area contributed by atoms with Gasteiger partial charge in [-0.05, 0) is 61.4 Å². The van der Waals surface area contributed by atoms with Gasteiger partial charge in [-0.15, -0.1) is 0 Å². The van der Waals surface area contributed by atoms with Crippen molar-refractivity contribution in [2.75, 3.05) is 0 Å². The molecule has 0 heterocycles. The van der Waals surface area contributed by atoms with Crippen molar-refractivity contribution in [3.05, 3.63) is 52.5 Å². The number of aromatic hydroxyl groups is 1. The average Bonchev–Trinajstić information content (AvgIpc) is 2.32. The lowest BCUT2D eigenvalue weighted by Crippen LogP contribution is -1.75. The number of nitrogens with zero attached hydrogens (tertiary/aromatic N) is 2. The van der Waals surface area contributed by atoms with Crippen LogP contribution < -0.4 is 0 Å². The van der Waals surface area contributed by atoms with Crippen molar-refractivity contribution in [2.24, 2.45) is 10.2 Å². The normalized spacial score (nSPS) is 11.1. The predicted octanol–water partition coefficient (Wildman–Crippen LogP) is 5.08. The van der Waals surface area contributed by atoms with Crippen LogP contribution in [0.1, 0.15) is 11.1 Å². The molecule has 0 saturated heterocycles. The van der Waals surface area contributed by atoms with Gasteiger partial charge in [0, 0.05) is 5.02 Å². The number of phenolic OH excluding ortho intramolecular Hbond substituents is 1. The fourth-order valence-electron chi connectivity index (χ4n) is 1.54. The van der Waals surface area contributed by atoms with Gasteiger partial charge in [-0.1, -0.05) is 11.6 Å². The SMILES string of the molecule is Cc1cc(N=Nc2ccc(Cl)cc2C)ccc1O. The van der Waals surface area contributed by atoms with Crippen molar-refractivity contribution >= 4 is 23.0 Å². The van der Waals surface area contributed by atoms with E-state index in [1.807, 2.05) is 26.0 Å². The van der Waals surface area contributed by atoms with Gasteiger partial charge in [0.25, 0.3) is 0 Å². The first kappa shape index (κ1) is 12.6. The van der Waals surface area contributed by atoms with Crippen LogP contribution in [0.3, 0.4) is 0 Å². The maximum Gasteiger partial charge on any atom is 0.118 e. The largest absolute Gasteiger partial charge is 0.508 e. The molecule has 0 aliphatic rings. The Balaban J connectivity index is 2.27. The Morgan fingerprint density at radius 1 is 0.944 bits per heavy atom. The van der Waals surface area contributed by atoms with E-state index < -0.39 is 0 Å². The summed E-state index contributed by atoms with van der Waals surface area (Å²) in [5.41, 5.74) is 3.24. The summed E-state index contributed by atoms with van der Waals surface area (Å²) in [7, 11) is 0. The van der Waals surface area contributed by atoms with Crippen molar-refractivity contribution in [1.82, 2.24) is 0 Å². The van der Waals surface area contributed by atoms with Crippen LogP contribution in [0.5, 0.6) is 5.75 Å². The van der Waals surface area contributed by atoms with E-state index in [1.54, 1.807) is 24.3 Å². The highest BCUT2D eigenvalue weighted by Crippen LogP contribution is 2.26. The molecule has 18 heavy (non-hydrogen) atoms. The Morgan fingerprint density at radius 3 is 2.39 bits per heavy atom. The number of halogens is 1. The molecular formula is C14H13ClN2O. The molecule has 0 aliphatic heterocycles. The Morgan fingerprint density at radius 2 is 1.72 bits per heavy atom. The lowest BCUT2D eigenvalue weighted by Gasteiger charge is -2.00. The van der Waals surface area contributed by atoms with Gasteiger partial charge < -0.3 is 5.11 Å². The second-order valence-electron chi connectivity index (χ2n) is 4.10. The summed E-state index contributed by atoms with van der Waals surface area (Å²) < 4.78 is 0. The molecular weight excluding hydrogens is 248 g/mol. The minimum atomic E-state index is 0.261. The standard InChI is InChI=1S/C14H13ClN2O/c1-9-7-11(15)3-5-13(9)17-16-12-4-6-14(18)10(2)8-12/h3-8,18H,1-2H3. The summed E-state index contributed by atoms with van der Waals surface area (Å²) in [6.45, 7) is 3.75. The topological polar surface area (TPSA) is 45.0 Å². The van der Waals surface area contributed by atoms with Crippen molar-refractivity contribution < 1.29 is 5.11 Å². The van der Waals surface area contributed by atoms with Gasteiger partial charge in [0.05, 0.1) is 11.4 Å². The molecule has 0 fully saturated rings. The summed E-state index contributed by atoms with van der Waals surface area (Å²) in [5, 5.41) is 18.4. The molecule has 3 nitrogen and oxygen atoms in total. The van der Waals surface area contributed by atoms with Crippen LogP contribution in [-0.2, 0) is 0 Å². The molecule has 2 aromatic rings. The molecule has 0 amide bonds. The van der Waals surface area contributed by atoms with Crippen LogP contribution in [-0.4, -0.2) is 5.11 Å². The Kier molecular flexibility index (Phi) is 3.63. The zero-order chi connectivity index (χ0) is 13.1. The van der Waals surface area contributed by atoms with Gasteiger partial charge in [-0.25, -0.2) is 0 Å². The fourth-order valence-corrected chi connectivity index (χ4v) is 1.77. The first-order valence-corrected chi connectivity index (χ1v) is 5.91. The number of phenols is 1. The monoisotopic (exact) mass is 260 g/mol. The fraction of sp³-hybridized carbons (Fsp3) is 0.143. The third-order valence-electron chi connectivity index (χ3n) is 2.61. The predicted molar refractivity (Wildman–Crippen MR) is 73.2 cm³/mol. The summed E-state index contributed by atoms with van der Waals surface area (Å²) in [6, 6.07) is 10.6. The van der Waals surface area contributed by atoms with Gasteiger partial charge in [0.2, 0.25) is 0 Å². The van der Waals surface area contributed by atoms with E-state index >= 15 is 0 Å². The maximum absolute atomic E-state index is 9.42. The summed E-state index contributed by atoms with van der Waals surface area (Å²) in [6.07, 6.45) is 0. The first-order valence-electron chi connectivity index (χ1n) is 5.54. The second kappa shape index (κ2) is 5.19. The third kappa shape index (κ3) is 2.87. The molecule has 0 saturated carbocycles. The summed E-state index contributed by atoms with van der Waals surface area (Å²) >= 11 is 5.87. The van der Waals surface area contributed by atoms with Crippen molar-refractivity contribution in [3.8, 4) is 5.75 Å². The quantitative estimate of drug-likeness (QED) is 0.752. The zero-order valence-corrected chi connectivity index (χ0v) is 10.9. The van der Waals surface area contributed by atoms with E-state index in [4.69, 9.17) is 11.6 Å². The van der Waals surface area contributed by atoms with Gasteiger partial charge in [0.15, 0.2) is 0 Å². The molecule has 0 unspecified atom stereocenters. The van der Waals surface area contributed by atoms with E-state index in [2.05, 4.69) is 10.2 Å². The summed E-state index contributed by atoms with van der Waals surface area (Å²) in [4.78, 5) is 0. The van der Waals surface area contributed by atoms with Gasteiger partial charge in [-0.2, -0.15) is 10.2 Å². The molecule has 0 atom stereocenters. The van der Waals surface area contributed by atoms with Crippen molar-refractivity contribution in [2.45, 2.75) is 13.8 Å². The van der Waals surface area contributed by atoms with E-state index in [0.29, 0.717) is 10.7 Å². The maximum atomic E-state index is 9.42. The third-order valence-corrected chi connectivity index (χ3v) is 2.85. The summed E-state index contributed by atoms with van der Waals surface area (Å²) in [5.74, 6) is 0.261. The number of rotatable bonds is 2. The molecule has 0 bridgehead atoms. The van der Waals surface area contributed by atoms with Crippen LogP contribution in [0.4, 0.5) is 11.4 Å². The average molecular weight is 261 g/mol. The Bertz CT molecular complexity index is 609. The van der Waals surface area contributed by atoms with Crippen LogP contribution in [0.25, 0.3) is 0 Å². The molecule has 0 aromatic heterocycles. The highest BCUT2D eigenvalue weighted by Gasteiger charge is 1.99. The zero-order valence-electron chi connectivity index (χ0n) is 10.2. The van der Waals surface area contributed by atoms with Crippen LogP contribution in [0.2, 0.25) is 5.02 Å². The van der Waals surface area contributed by atoms with Gasteiger partial charge in [0.1, 0.15) is 5.75 Å². The molecule has 4 heteroatoms. The Hall–Kier alpha value is -1.87. The first-order chi connectivity index (χ1) is 8.56. The molecule has 92 valence electrons. The number of hydrogen-bond donors (Lipinski definition) is 1. The molecule has 0 spiro atoms. The van der Waals surface area contributed by atoms with Gasteiger partial charge in [-0.3, -0.25) is 0 Å². The van der Waals surface area contributed by atoms with E-state index in [9.17, 15) is 5.11 Å². The minimum absolute atomic E-state index is 0.261. The molecule has 0 aliphatic carbocycles. The van der Waals surface area contributed by atoms with Crippen molar-refractivity contribution in [3.63, 3.8) is 0 Å². The number of azo groups is 1. The van der Waals surface area contributed by atoms with Crippen LogP contribution in [0, 0.1) is 13.8 Å². The number of hydrogen-bond acceptors (Lipinski definition) is 3. The molecule has 2 rings (SSSR count). The van der Waals surface area contributed by atoms with E-state index in [1.165, 1.54) is 0 Å². The van der Waals surface area contributed by atoms with Crippen molar-refractivity contribution in [1.29, 1.82) is 0 Å². The minimum Gasteiger partial charge on any atom is -0.508 e. The number of benzene rings is 2. The molecule has 0 radical (unpaired) electrons.